The number of piperidine rings is 1. The predicted octanol–water partition coefficient (Wildman–Crippen LogP) is 3.94. The van der Waals surface area contributed by atoms with Crippen LogP contribution in [0.25, 0.3) is 0 Å². The number of carbonyl (C=O) groups is 1. The number of hydrogen-bond acceptors (Lipinski definition) is 1. The van der Waals surface area contributed by atoms with Crippen LogP contribution in [0.5, 0.6) is 0 Å². The molecule has 0 unspecified atom stereocenters. The SMILES string of the molecule is O=C(NCc1ccccc1)N1CCC2(CCCCC2)CC1. The van der Waals surface area contributed by atoms with Gasteiger partial charge in [-0.05, 0) is 36.7 Å². The number of urea groups is 1. The monoisotopic (exact) mass is 286 g/mol. The van der Waals surface area contributed by atoms with E-state index in [9.17, 15) is 4.79 Å². The Morgan fingerprint density at radius 3 is 2.33 bits per heavy atom. The van der Waals surface area contributed by atoms with Gasteiger partial charge in [0.15, 0.2) is 0 Å². The first-order valence-electron chi connectivity index (χ1n) is 8.34. The van der Waals surface area contributed by atoms with Crippen molar-refractivity contribution >= 4 is 6.03 Å². The molecule has 1 aliphatic heterocycles. The highest BCUT2D eigenvalue weighted by Gasteiger charge is 2.36. The lowest BCUT2D eigenvalue weighted by Crippen LogP contribution is -2.47. The van der Waals surface area contributed by atoms with E-state index in [2.05, 4.69) is 5.32 Å². The normalized spacial score (nSPS) is 21.2. The Bertz CT molecular complexity index is 455. The molecule has 1 heterocycles. The molecule has 1 N–H and O–H groups in total. The van der Waals surface area contributed by atoms with Crippen LogP contribution in [-0.2, 0) is 6.54 Å². The van der Waals surface area contributed by atoms with E-state index in [-0.39, 0.29) is 6.03 Å². The molecule has 3 rings (SSSR count). The lowest BCUT2D eigenvalue weighted by Gasteiger charge is -2.44. The van der Waals surface area contributed by atoms with Crippen LogP contribution in [0.2, 0.25) is 0 Å². The molecule has 1 aromatic carbocycles. The molecule has 0 bridgehead atoms. The van der Waals surface area contributed by atoms with Crippen molar-refractivity contribution in [3.63, 3.8) is 0 Å². The van der Waals surface area contributed by atoms with Gasteiger partial charge in [0.2, 0.25) is 0 Å². The molecule has 1 spiro atoms. The predicted molar refractivity (Wildman–Crippen MR) is 85.0 cm³/mol. The van der Waals surface area contributed by atoms with E-state index in [4.69, 9.17) is 0 Å². The summed E-state index contributed by atoms with van der Waals surface area (Å²) in [6.45, 7) is 2.49. The number of amides is 2. The van der Waals surface area contributed by atoms with Crippen LogP contribution < -0.4 is 5.32 Å². The smallest absolute Gasteiger partial charge is 0.317 e. The van der Waals surface area contributed by atoms with Crippen molar-refractivity contribution in [2.45, 2.75) is 51.5 Å². The molecule has 1 saturated carbocycles. The minimum atomic E-state index is 0.101. The van der Waals surface area contributed by atoms with Crippen molar-refractivity contribution in [1.29, 1.82) is 0 Å². The molecule has 1 aromatic rings. The van der Waals surface area contributed by atoms with E-state index >= 15 is 0 Å². The second-order valence-corrected chi connectivity index (χ2v) is 6.69. The van der Waals surface area contributed by atoms with E-state index in [1.165, 1.54) is 44.9 Å². The van der Waals surface area contributed by atoms with Crippen LogP contribution in [-0.4, -0.2) is 24.0 Å². The van der Waals surface area contributed by atoms with Crippen LogP contribution in [0, 0.1) is 5.41 Å². The van der Waals surface area contributed by atoms with Crippen LogP contribution in [0.4, 0.5) is 4.79 Å². The summed E-state index contributed by atoms with van der Waals surface area (Å²) in [6, 6.07) is 10.2. The average Bonchev–Trinajstić information content (AvgIpc) is 2.55. The van der Waals surface area contributed by atoms with E-state index in [0.717, 1.165) is 18.7 Å². The van der Waals surface area contributed by atoms with E-state index in [1.807, 2.05) is 35.2 Å². The Kier molecular flexibility index (Phi) is 4.47. The summed E-state index contributed by atoms with van der Waals surface area (Å²) in [7, 11) is 0. The van der Waals surface area contributed by atoms with Crippen molar-refractivity contribution < 1.29 is 4.79 Å². The number of hydrogen-bond donors (Lipinski definition) is 1. The molecule has 1 aliphatic carbocycles. The summed E-state index contributed by atoms with van der Waals surface area (Å²) in [5, 5.41) is 3.05. The average molecular weight is 286 g/mol. The van der Waals surface area contributed by atoms with Gasteiger partial charge in [-0.1, -0.05) is 49.6 Å². The molecule has 2 amide bonds. The number of likely N-dealkylation sites (tertiary alicyclic amines) is 1. The van der Waals surface area contributed by atoms with Gasteiger partial charge in [0.05, 0.1) is 0 Å². The van der Waals surface area contributed by atoms with Crippen molar-refractivity contribution in [1.82, 2.24) is 10.2 Å². The number of rotatable bonds is 2. The molecule has 114 valence electrons. The summed E-state index contributed by atoms with van der Waals surface area (Å²) in [5.41, 5.74) is 1.72. The van der Waals surface area contributed by atoms with Crippen molar-refractivity contribution in [2.24, 2.45) is 5.41 Å². The highest BCUT2D eigenvalue weighted by Crippen LogP contribution is 2.44. The fraction of sp³-hybridized carbons (Fsp3) is 0.611. The molecule has 2 aliphatic rings. The molecule has 21 heavy (non-hydrogen) atoms. The first-order valence-corrected chi connectivity index (χ1v) is 8.34. The third kappa shape index (κ3) is 3.58. The van der Waals surface area contributed by atoms with Crippen molar-refractivity contribution in [3.8, 4) is 0 Å². The topological polar surface area (TPSA) is 32.3 Å². The maximum atomic E-state index is 12.3. The fourth-order valence-corrected chi connectivity index (χ4v) is 3.87. The van der Waals surface area contributed by atoms with Crippen LogP contribution in [0.15, 0.2) is 30.3 Å². The summed E-state index contributed by atoms with van der Waals surface area (Å²) < 4.78 is 0. The van der Waals surface area contributed by atoms with Crippen LogP contribution in [0.1, 0.15) is 50.5 Å². The Morgan fingerprint density at radius 1 is 1.00 bits per heavy atom. The standard InChI is InChI=1S/C18H26N2O/c21-17(19-15-16-7-3-1-4-8-16)20-13-11-18(12-14-20)9-5-2-6-10-18/h1,3-4,7-8H,2,5-6,9-15H2,(H,19,21). The molecule has 0 aromatic heterocycles. The maximum Gasteiger partial charge on any atom is 0.317 e. The fourth-order valence-electron chi connectivity index (χ4n) is 3.87. The van der Waals surface area contributed by atoms with E-state index < -0.39 is 0 Å². The van der Waals surface area contributed by atoms with Gasteiger partial charge in [0, 0.05) is 19.6 Å². The summed E-state index contributed by atoms with van der Waals surface area (Å²) in [4.78, 5) is 14.3. The molecule has 0 atom stereocenters. The number of carbonyl (C=O) groups excluding carboxylic acids is 1. The van der Waals surface area contributed by atoms with Gasteiger partial charge in [-0.25, -0.2) is 4.79 Å². The Labute approximate surface area is 127 Å². The lowest BCUT2D eigenvalue weighted by atomic mass is 9.68. The largest absolute Gasteiger partial charge is 0.334 e. The van der Waals surface area contributed by atoms with Gasteiger partial charge >= 0.3 is 6.03 Å². The third-order valence-electron chi connectivity index (χ3n) is 5.31. The number of benzene rings is 1. The van der Waals surface area contributed by atoms with Gasteiger partial charge in [0.1, 0.15) is 0 Å². The molecular formula is C18H26N2O. The van der Waals surface area contributed by atoms with E-state index in [1.54, 1.807) is 0 Å². The maximum absolute atomic E-state index is 12.3. The number of nitrogens with one attached hydrogen (secondary N) is 1. The second-order valence-electron chi connectivity index (χ2n) is 6.69. The molecular weight excluding hydrogens is 260 g/mol. The molecule has 3 nitrogen and oxygen atoms in total. The zero-order valence-electron chi connectivity index (χ0n) is 12.8. The Balaban J connectivity index is 1.46. The quantitative estimate of drug-likeness (QED) is 0.877. The zero-order valence-corrected chi connectivity index (χ0v) is 12.8. The summed E-state index contributed by atoms with van der Waals surface area (Å²) >= 11 is 0. The van der Waals surface area contributed by atoms with Gasteiger partial charge in [-0.15, -0.1) is 0 Å². The van der Waals surface area contributed by atoms with Gasteiger partial charge in [0.25, 0.3) is 0 Å². The molecule has 3 heteroatoms. The van der Waals surface area contributed by atoms with Crippen molar-refractivity contribution in [2.75, 3.05) is 13.1 Å². The van der Waals surface area contributed by atoms with Gasteiger partial charge in [-0.3, -0.25) is 0 Å². The van der Waals surface area contributed by atoms with Gasteiger partial charge in [-0.2, -0.15) is 0 Å². The van der Waals surface area contributed by atoms with Crippen LogP contribution >= 0.6 is 0 Å². The first-order chi connectivity index (χ1) is 10.3. The van der Waals surface area contributed by atoms with Gasteiger partial charge < -0.3 is 10.2 Å². The Hall–Kier alpha value is -1.51. The number of nitrogens with zero attached hydrogens (tertiary/aromatic N) is 1. The minimum Gasteiger partial charge on any atom is -0.334 e. The highest BCUT2D eigenvalue weighted by atomic mass is 16.2. The van der Waals surface area contributed by atoms with Crippen molar-refractivity contribution in [3.05, 3.63) is 35.9 Å². The molecule has 2 fully saturated rings. The lowest BCUT2D eigenvalue weighted by molar-refractivity contribution is 0.0811. The zero-order chi connectivity index (χ0) is 14.5. The summed E-state index contributed by atoms with van der Waals surface area (Å²) in [6.07, 6.45) is 9.35. The first kappa shape index (κ1) is 14.4. The Morgan fingerprint density at radius 2 is 1.67 bits per heavy atom. The summed E-state index contributed by atoms with van der Waals surface area (Å²) in [5.74, 6) is 0. The molecule has 0 radical (unpaired) electrons. The second kappa shape index (κ2) is 6.50. The molecule has 1 saturated heterocycles. The van der Waals surface area contributed by atoms with E-state index in [0.29, 0.717) is 12.0 Å². The van der Waals surface area contributed by atoms with Crippen LogP contribution in [0.3, 0.4) is 0 Å². The third-order valence-corrected chi connectivity index (χ3v) is 5.31. The minimum absolute atomic E-state index is 0.101. The highest BCUT2D eigenvalue weighted by molar-refractivity contribution is 5.74.